The highest BCUT2D eigenvalue weighted by atomic mass is 32.2. The van der Waals surface area contributed by atoms with Crippen molar-refractivity contribution >= 4 is 64.4 Å². The summed E-state index contributed by atoms with van der Waals surface area (Å²) < 4.78 is 22.8. The largest absolute Gasteiger partial charge is 0.440 e. The van der Waals surface area contributed by atoms with Crippen molar-refractivity contribution in [2.75, 3.05) is 10.6 Å². The van der Waals surface area contributed by atoms with Crippen molar-refractivity contribution < 1.29 is 43.7 Å². The second-order valence-electron chi connectivity index (χ2n) is 37.6. The Morgan fingerprint density at radius 2 is 0.617 bits per heavy atom. The molecule has 0 saturated heterocycles. The fraction of sp³-hybridized carbons (Fsp3) is 0.280. The lowest BCUT2D eigenvalue weighted by atomic mass is 9.92. The number of primary amides is 5. The van der Waals surface area contributed by atoms with Gasteiger partial charge in [-0.15, -0.1) is 0 Å². The van der Waals surface area contributed by atoms with Crippen molar-refractivity contribution in [3.8, 4) is 51.7 Å². The molecule has 5 aromatic heterocycles. The molecule has 5 aliphatic carbocycles. The van der Waals surface area contributed by atoms with Crippen LogP contribution in [0.3, 0.4) is 0 Å². The van der Waals surface area contributed by atoms with Gasteiger partial charge in [0.1, 0.15) is 11.5 Å². The molecule has 15 aromatic rings. The van der Waals surface area contributed by atoms with E-state index in [9.17, 15) is 34.2 Å². The number of aliphatic hydroxyl groups excluding tert-OH is 2. The summed E-state index contributed by atoms with van der Waals surface area (Å²) in [4.78, 5) is 62.2. The number of aromatic nitrogens is 5. The van der Waals surface area contributed by atoms with Crippen molar-refractivity contribution in [2.45, 2.75) is 231 Å². The van der Waals surface area contributed by atoms with Crippen LogP contribution in [-0.2, 0) is 6.42 Å². The molecule has 141 heavy (non-hydrogen) atoms. The Balaban J connectivity index is 0.000000127. The first-order valence-corrected chi connectivity index (χ1v) is 51.0. The van der Waals surface area contributed by atoms with Crippen LogP contribution in [0.2, 0.25) is 0 Å². The van der Waals surface area contributed by atoms with Crippen molar-refractivity contribution in [3.63, 3.8) is 0 Å². The highest BCUT2D eigenvalue weighted by Crippen LogP contribution is 2.44. The van der Waals surface area contributed by atoms with Gasteiger partial charge >= 0.3 is 0 Å². The number of hydrogen-bond donors (Lipinski definition) is 9. The average molecular weight is 1920 g/mol. The number of aryl methyl sites for hydroxylation is 5. The lowest BCUT2D eigenvalue weighted by molar-refractivity contribution is 0.0990. The Morgan fingerprint density at radius 3 is 0.993 bits per heavy atom. The van der Waals surface area contributed by atoms with E-state index in [1.165, 1.54) is 76.3 Å². The molecule has 5 aliphatic rings. The molecular weight excluding hydrogens is 1790 g/mol. The van der Waals surface area contributed by atoms with Gasteiger partial charge in [0.25, 0.3) is 11.8 Å². The summed E-state index contributed by atoms with van der Waals surface area (Å²) in [5.41, 5.74) is 49.4. The minimum atomic E-state index is -0.469. The van der Waals surface area contributed by atoms with E-state index >= 15 is 0 Å². The first-order valence-electron chi connectivity index (χ1n) is 49.4. The molecule has 726 valence electrons. The number of nitrogens with one attached hydrogen (secondary N) is 2. The highest BCUT2D eigenvalue weighted by molar-refractivity contribution is 7.99. The quantitative estimate of drug-likeness (QED) is 0.0232. The molecule has 10 aromatic carbocycles. The van der Waals surface area contributed by atoms with Gasteiger partial charge in [-0.3, -0.25) is 33.1 Å². The number of aliphatic hydroxyl groups is 2. The number of amides is 5. The van der Waals surface area contributed by atoms with Gasteiger partial charge in [-0.1, -0.05) is 159 Å². The van der Waals surface area contributed by atoms with Crippen LogP contribution in [0.5, 0.6) is 23.3 Å². The molecular formula is C118H128N12O9S2. The molecule has 14 N–H and O–H groups in total. The van der Waals surface area contributed by atoms with Crippen LogP contribution in [0.15, 0.2) is 324 Å². The van der Waals surface area contributed by atoms with Crippen LogP contribution < -0.4 is 48.8 Å². The predicted octanol–water partition coefficient (Wildman–Crippen LogP) is 25.3. The van der Waals surface area contributed by atoms with Gasteiger partial charge in [0, 0.05) is 128 Å². The van der Waals surface area contributed by atoms with Gasteiger partial charge in [-0.25, -0.2) is 0 Å². The molecule has 5 fully saturated rings. The average Bonchev–Trinajstić information content (AvgIpc) is 1.72. The third-order valence-corrected chi connectivity index (χ3v) is 30.3. The first-order chi connectivity index (χ1) is 68.4. The smallest absolute Gasteiger partial charge is 0.250 e. The number of carbonyl (C=O) groups is 5. The van der Waals surface area contributed by atoms with Crippen LogP contribution in [0.25, 0.3) is 28.4 Å². The van der Waals surface area contributed by atoms with E-state index in [0.717, 1.165) is 186 Å². The summed E-state index contributed by atoms with van der Waals surface area (Å²) >= 11 is 3.48. The van der Waals surface area contributed by atoms with Crippen molar-refractivity contribution in [1.82, 2.24) is 22.8 Å². The van der Waals surface area contributed by atoms with Gasteiger partial charge in [-0.05, 0) is 356 Å². The molecule has 5 amide bonds. The van der Waals surface area contributed by atoms with Gasteiger partial charge in [0.2, 0.25) is 29.5 Å². The summed E-state index contributed by atoms with van der Waals surface area (Å²) in [5.74, 6) is 2.44. The van der Waals surface area contributed by atoms with E-state index in [4.69, 9.17) is 38.1 Å². The van der Waals surface area contributed by atoms with Crippen LogP contribution in [0, 0.1) is 34.6 Å². The number of para-hydroxylation sites is 2. The molecule has 5 heterocycles. The Hall–Kier alpha value is -14.2. The monoisotopic (exact) mass is 1920 g/mol. The minimum Gasteiger partial charge on any atom is -0.440 e. The fourth-order valence-corrected chi connectivity index (χ4v) is 22.0. The molecule has 0 bridgehead atoms. The van der Waals surface area contributed by atoms with Crippen molar-refractivity contribution in [3.05, 3.63) is 388 Å². The normalized spacial score (nSPS) is 16.3. The van der Waals surface area contributed by atoms with Gasteiger partial charge in [0.05, 0.1) is 39.1 Å². The minimum absolute atomic E-state index is 0.203. The van der Waals surface area contributed by atoms with Gasteiger partial charge in [-0.2, -0.15) is 0 Å². The van der Waals surface area contributed by atoms with Crippen LogP contribution in [-0.4, -0.2) is 86.9 Å². The number of nitrogens with two attached hydrogens (primary N) is 5. The summed E-state index contributed by atoms with van der Waals surface area (Å²) in [6.45, 7) is 10.4. The fourth-order valence-electron chi connectivity index (χ4n) is 20.0. The van der Waals surface area contributed by atoms with Gasteiger partial charge in [0.15, 0.2) is 0 Å². The van der Waals surface area contributed by atoms with Gasteiger partial charge < -0.3 is 72.7 Å². The number of anilines is 2. The number of benzene rings is 10. The molecule has 20 rings (SSSR count). The first kappa shape index (κ1) is 99.8. The van der Waals surface area contributed by atoms with E-state index in [1.807, 2.05) is 193 Å². The molecule has 0 spiro atoms. The molecule has 21 nitrogen and oxygen atoms in total. The molecule has 0 atom stereocenters. The van der Waals surface area contributed by atoms with Crippen LogP contribution in [0.1, 0.15) is 254 Å². The number of rotatable bonds is 27. The topological polar surface area (TPSA) is 323 Å². The lowest BCUT2D eigenvalue weighted by Gasteiger charge is -2.28. The summed E-state index contributed by atoms with van der Waals surface area (Å²) in [6, 6.07) is 91.1. The zero-order chi connectivity index (χ0) is 98.6. The van der Waals surface area contributed by atoms with E-state index < -0.39 is 11.8 Å². The van der Waals surface area contributed by atoms with Crippen molar-refractivity contribution in [1.29, 1.82) is 0 Å². The maximum atomic E-state index is 12.0. The van der Waals surface area contributed by atoms with E-state index in [-0.39, 0.29) is 42.0 Å². The summed E-state index contributed by atoms with van der Waals surface area (Å²) in [7, 11) is 0. The van der Waals surface area contributed by atoms with Crippen LogP contribution in [0.4, 0.5) is 11.4 Å². The maximum absolute atomic E-state index is 12.0. The summed E-state index contributed by atoms with van der Waals surface area (Å²) in [5, 5.41) is 28.8. The molecule has 5 saturated carbocycles. The van der Waals surface area contributed by atoms with Crippen molar-refractivity contribution in [2.24, 2.45) is 28.7 Å². The molecule has 0 aliphatic heterocycles. The Bertz CT molecular complexity index is 6320. The molecule has 23 heteroatoms. The lowest BCUT2D eigenvalue weighted by Crippen LogP contribution is -2.29. The Labute approximate surface area is 835 Å². The predicted molar refractivity (Wildman–Crippen MR) is 566 cm³/mol. The standard InChI is InChI=1S/C24H27N3O3.C24H27N3O2S.C24H26N2O.C23H24N2O2.C23H24N2OS/c2*1-16-5-2-3-6-22(16)30-23-7-4-14-27(23)18-10-13-20(24(25)29)21(15-18)26-17-8-11-19(28)12-9-17;1-17-7-2-3-10-19(17)15-20-11-6-14-26(20)21-12-13-22(24(25)27)23(16-21)18-8-4-5-9-18;2*1-16-7-2-5-10-21(16)27-22-11-6-14-25(22)18-12-13-19(23(24)26)20(15-18)17-8-3-4-9-17/h2*2-7,10,13-15,17,19,26,28H,8-9,11-12H2,1H3,(H2,25,29);2-3,6-7,10-14,16,18H,4-5,8-9,15H2,1H3,(H2,25,27);2*2,5-7,10-15,17H,3-4,8-9H2,1H3,(H2,24,26). The second kappa shape index (κ2) is 47.2. The number of hydrogen-bond acceptors (Lipinski definition) is 13. The highest BCUT2D eigenvalue weighted by Gasteiger charge is 2.30. The SMILES string of the molecule is Cc1ccccc1Cc1cccn1-c1ccc(C(N)=O)c(C2CCCC2)c1.Cc1ccccc1Oc1cccn1-c1ccc(C(N)=O)c(C2CCCC2)c1.Cc1ccccc1Oc1cccn1-c1ccc(C(N)=O)c(NC2CCC(O)CC2)c1.Cc1ccccc1Sc1cccn1-c1ccc(C(N)=O)c(C2CCCC2)c1.Cc1ccccc1Sc1cccn1-c1ccc(C(N)=O)c(NC2CCC(O)CC2)c1. The van der Waals surface area contributed by atoms with E-state index in [0.29, 0.717) is 57.1 Å². The van der Waals surface area contributed by atoms with E-state index in [1.54, 1.807) is 35.7 Å². The number of nitrogens with zero attached hydrogens (tertiary/aromatic N) is 5. The Morgan fingerprint density at radius 1 is 0.312 bits per heavy atom. The third-order valence-electron chi connectivity index (χ3n) is 27.9. The number of carbonyl (C=O) groups excluding carboxylic acids is 5. The van der Waals surface area contributed by atoms with E-state index in [2.05, 4.69) is 167 Å². The molecule has 0 radical (unpaired) electrons. The zero-order valence-electron chi connectivity index (χ0n) is 80.9. The van der Waals surface area contributed by atoms with Crippen LogP contribution >= 0.6 is 23.5 Å². The zero-order valence-corrected chi connectivity index (χ0v) is 82.6. The summed E-state index contributed by atoms with van der Waals surface area (Å²) in [6.07, 6.45) is 31.2. The maximum Gasteiger partial charge on any atom is 0.250 e. The molecule has 0 unspecified atom stereocenters. The number of ether oxygens (including phenoxy) is 2. The second-order valence-corrected chi connectivity index (χ2v) is 39.8. The Kier molecular flexibility index (Phi) is 33.4. The third kappa shape index (κ3) is 25.2.